The Bertz CT molecular complexity index is 1070. The highest BCUT2D eigenvalue weighted by molar-refractivity contribution is 6.30. The molecule has 2 atom stereocenters. The zero-order valence-corrected chi connectivity index (χ0v) is 21.2. The molecule has 3 amide bonds. The summed E-state index contributed by atoms with van der Waals surface area (Å²) in [4.78, 5) is 39.9. The minimum atomic E-state index is -0.841. The highest BCUT2D eigenvalue weighted by atomic mass is 35.5. The van der Waals surface area contributed by atoms with Gasteiger partial charge in [-0.3, -0.25) is 14.4 Å². The number of carbonyl (C=O) groups excluding carboxylic acids is 3. The molecule has 194 valence electrons. The summed E-state index contributed by atoms with van der Waals surface area (Å²) in [6.07, 6.45) is 1.43. The Morgan fingerprint density at radius 1 is 1.08 bits per heavy atom. The smallest absolute Gasteiger partial charge is 0.243 e. The van der Waals surface area contributed by atoms with E-state index in [0.717, 1.165) is 11.1 Å². The summed E-state index contributed by atoms with van der Waals surface area (Å²) in [5.41, 5.74) is 1.65. The molecule has 3 N–H and O–H groups in total. The second-order valence-electron chi connectivity index (χ2n) is 8.74. The normalized spacial score (nSPS) is 20.9. The van der Waals surface area contributed by atoms with Crippen LogP contribution in [0.3, 0.4) is 0 Å². The van der Waals surface area contributed by atoms with E-state index in [4.69, 9.17) is 16.3 Å². The average Bonchev–Trinajstić information content (AvgIpc) is 2.86. The number of nitrogens with zero attached hydrogens (tertiary/aromatic N) is 1. The first kappa shape index (κ1) is 27.4. The molecule has 2 aromatic carbocycles. The van der Waals surface area contributed by atoms with Gasteiger partial charge in [-0.15, -0.1) is 0 Å². The van der Waals surface area contributed by atoms with Crippen LogP contribution in [-0.2, 0) is 27.2 Å². The molecule has 0 aliphatic carbocycles. The molecule has 1 aliphatic rings. The Hall–Kier alpha value is -3.17. The van der Waals surface area contributed by atoms with Gasteiger partial charge in [0.05, 0.1) is 6.54 Å². The molecule has 0 saturated carbocycles. The molecule has 0 fully saturated rings. The van der Waals surface area contributed by atoms with Gasteiger partial charge in [0.1, 0.15) is 30.3 Å². The fourth-order valence-corrected chi connectivity index (χ4v) is 3.91. The lowest BCUT2D eigenvalue weighted by Gasteiger charge is -2.27. The van der Waals surface area contributed by atoms with Crippen LogP contribution in [0.25, 0.3) is 0 Å². The molecule has 2 aromatic rings. The third-order valence-corrected chi connectivity index (χ3v) is 6.36. The Kier molecular flexibility index (Phi) is 10.1. The van der Waals surface area contributed by atoms with Crippen molar-refractivity contribution in [1.29, 1.82) is 0 Å². The molecule has 10 heteroatoms. The van der Waals surface area contributed by atoms with Crippen LogP contribution in [0.5, 0.6) is 5.75 Å². The van der Waals surface area contributed by atoms with E-state index in [-0.39, 0.29) is 31.4 Å². The molecule has 1 heterocycles. The van der Waals surface area contributed by atoms with E-state index in [1.54, 1.807) is 37.3 Å². The number of ether oxygens (including phenoxy) is 1. The van der Waals surface area contributed by atoms with E-state index in [1.165, 1.54) is 24.1 Å². The predicted molar refractivity (Wildman–Crippen MR) is 135 cm³/mol. The molecule has 0 saturated heterocycles. The summed E-state index contributed by atoms with van der Waals surface area (Å²) in [5, 5.41) is 9.24. The maximum absolute atomic E-state index is 13.8. The van der Waals surface area contributed by atoms with Gasteiger partial charge in [-0.05, 0) is 49.1 Å². The predicted octanol–water partition coefficient (Wildman–Crippen LogP) is 2.08. The number of aryl methyl sites for hydroxylation is 1. The van der Waals surface area contributed by atoms with Crippen LogP contribution in [0.1, 0.15) is 24.5 Å². The monoisotopic (exact) mass is 518 g/mol. The van der Waals surface area contributed by atoms with Crippen molar-refractivity contribution in [2.75, 3.05) is 33.3 Å². The molecule has 1 aliphatic heterocycles. The largest absolute Gasteiger partial charge is 0.492 e. The Morgan fingerprint density at radius 3 is 2.58 bits per heavy atom. The fourth-order valence-electron chi connectivity index (χ4n) is 3.79. The van der Waals surface area contributed by atoms with Crippen molar-refractivity contribution in [2.45, 2.75) is 38.3 Å². The van der Waals surface area contributed by atoms with Gasteiger partial charge in [0.2, 0.25) is 17.7 Å². The second-order valence-corrected chi connectivity index (χ2v) is 9.18. The number of benzene rings is 2. The molecule has 0 aromatic heterocycles. The third kappa shape index (κ3) is 7.93. The fraction of sp³-hybridized carbons (Fsp3) is 0.423. The topological polar surface area (TPSA) is 99.8 Å². The van der Waals surface area contributed by atoms with Crippen molar-refractivity contribution < 1.29 is 23.5 Å². The van der Waals surface area contributed by atoms with Crippen molar-refractivity contribution >= 4 is 29.3 Å². The number of hydrogen-bond donors (Lipinski definition) is 3. The number of likely N-dealkylation sites (N-methyl/N-ethyl adjacent to an activating group) is 1. The van der Waals surface area contributed by atoms with E-state index in [0.29, 0.717) is 36.7 Å². The van der Waals surface area contributed by atoms with Crippen molar-refractivity contribution in [1.82, 2.24) is 20.9 Å². The minimum Gasteiger partial charge on any atom is -0.492 e. The van der Waals surface area contributed by atoms with Gasteiger partial charge in [0.25, 0.3) is 0 Å². The van der Waals surface area contributed by atoms with Crippen molar-refractivity contribution in [3.63, 3.8) is 0 Å². The minimum absolute atomic E-state index is 0.00216. The standard InChI is InChI=1S/C26H32ClFN4O4/c1-17-25(34)31-22(14-18-5-8-20(27)9-6-18)26(35)30-11-3-4-19-7-10-21(28)15-23(19)36-13-12-29-16-24(33)32(17)2/h5-10,15,17,22,29H,3-4,11-14,16H2,1-2H3,(H,30,35)(H,31,34)/t17-,22-/m1/s1. The van der Waals surface area contributed by atoms with Crippen LogP contribution in [-0.4, -0.2) is 68.0 Å². The molecule has 0 bridgehead atoms. The first-order valence-electron chi connectivity index (χ1n) is 11.9. The highest BCUT2D eigenvalue weighted by Crippen LogP contribution is 2.21. The maximum Gasteiger partial charge on any atom is 0.243 e. The summed E-state index contributed by atoms with van der Waals surface area (Å²) in [6, 6.07) is 9.80. The lowest BCUT2D eigenvalue weighted by molar-refractivity contribution is -0.138. The summed E-state index contributed by atoms with van der Waals surface area (Å²) >= 11 is 5.97. The van der Waals surface area contributed by atoms with Crippen LogP contribution in [0.15, 0.2) is 42.5 Å². The third-order valence-electron chi connectivity index (χ3n) is 6.10. The molecule has 36 heavy (non-hydrogen) atoms. The highest BCUT2D eigenvalue weighted by Gasteiger charge is 2.27. The van der Waals surface area contributed by atoms with E-state index in [2.05, 4.69) is 16.0 Å². The lowest BCUT2D eigenvalue weighted by atomic mass is 10.0. The molecule has 0 spiro atoms. The first-order valence-corrected chi connectivity index (χ1v) is 12.3. The van der Waals surface area contributed by atoms with Crippen LogP contribution in [0, 0.1) is 5.82 Å². The summed E-state index contributed by atoms with van der Waals surface area (Å²) in [6.45, 7) is 2.58. The SMILES string of the molecule is C[C@@H]1C(=O)N[C@H](Cc2ccc(Cl)cc2)C(=O)NCCCc2ccc(F)cc2OCCNCC(=O)N1C. The molecular formula is C26H32ClFN4O4. The molecular weight excluding hydrogens is 487 g/mol. The Balaban J connectivity index is 1.78. The molecule has 0 unspecified atom stereocenters. The van der Waals surface area contributed by atoms with E-state index in [1.807, 2.05) is 0 Å². The molecule has 8 nitrogen and oxygen atoms in total. The molecule has 3 rings (SSSR count). The van der Waals surface area contributed by atoms with Crippen LogP contribution < -0.4 is 20.7 Å². The van der Waals surface area contributed by atoms with Gasteiger partial charge in [0, 0.05) is 37.6 Å². The summed E-state index contributed by atoms with van der Waals surface area (Å²) < 4.78 is 19.5. The number of halogens is 2. The number of hydrogen-bond acceptors (Lipinski definition) is 5. The summed E-state index contributed by atoms with van der Waals surface area (Å²) in [5.74, 6) is -1.01. The van der Waals surface area contributed by atoms with Crippen molar-refractivity contribution in [3.8, 4) is 5.75 Å². The van der Waals surface area contributed by atoms with Crippen molar-refractivity contribution in [2.24, 2.45) is 0 Å². The van der Waals surface area contributed by atoms with Gasteiger partial charge in [0.15, 0.2) is 0 Å². The van der Waals surface area contributed by atoms with E-state index < -0.39 is 23.8 Å². The van der Waals surface area contributed by atoms with Crippen LogP contribution in [0.4, 0.5) is 4.39 Å². The van der Waals surface area contributed by atoms with Crippen molar-refractivity contribution in [3.05, 3.63) is 64.4 Å². The van der Waals surface area contributed by atoms with Gasteiger partial charge in [-0.1, -0.05) is 29.8 Å². The summed E-state index contributed by atoms with van der Waals surface area (Å²) in [7, 11) is 1.54. The maximum atomic E-state index is 13.8. The quantitative estimate of drug-likeness (QED) is 0.565. The number of rotatable bonds is 2. The van der Waals surface area contributed by atoms with Gasteiger partial charge >= 0.3 is 0 Å². The average molecular weight is 519 g/mol. The van der Waals surface area contributed by atoms with E-state index >= 15 is 0 Å². The number of nitrogens with one attached hydrogen (secondary N) is 3. The van der Waals surface area contributed by atoms with Gasteiger partial charge < -0.3 is 25.6 Å². The molecule has 0 radical (unpaired) electrons. The number of carbonyl (C=O) groups is 3. The first-order chi connectivity index (χ1) is 17.2. The van der Waals surface area contributed by atoms with Crippen LogP contribution in [0.2, 0.25) is 5.02 Å². The lowest BCUT2D eigenvalue weighted by Crippen LogP contribution is -2.54. The van der Waals surface area contributed by atoms with Gasteiger partial charge in [-0.2, -0.15) is 0 Å². The van der Waals surface area contributed by atoms with E-state index in [9.17, 15) is 18.8 Å². The van der Waals surface area contributed by atoms with Crippen LogP contribution >= 0.6 is 11.6 Å². The second kappa shape index (κ2) is 13.2. The zero-order chi connectivity index (χ0) is 26.1. The van der Waals surface area contributed by atoms with Gasteiger partial charge in [-0.25, -0.2) is 4.39 Å². The Morgan fingerprint density at radius 2 is 1.83 bits per heavy atom. The number of fused-ring (bicyclic) bond motifs is 1. The Labute approximate surface area is 215 Å². The number of amides is 3. The zero-order valence-electron chi connectivity index (χ0n) is 20.5.